The quantitative estimate of drug-likeness (QED) is 0.727. The first-order chi connectivity index (χ1) is 13.0. The van der Waals surface area contributed by atoms with Crippen LogP contribution in [0.5, 0.6) is 0 Å². The Morgan fingerprint density at radius 3 is 2.56 bits per heavy atom. The molecule has 5 nitrogen and oxygen atoms in total. The summed E-state index contributed by atoms with van der Waals surface area (Å²) in [5, 5.41) is 11.5. The van der Waals surface area contributed by atoms with Crippen molar-refractivity contribution in [2.24, 2.45) is 5.92 Å². The molecule has 0 aliphatic carbocycles. The van der Waals surface area contributed by atoms with Crippen molar-refractivity contribution in [2.75, 3.05) is 13.7 Å². The van der Waals surface area contributed by atoms with E-state index in [0.29, 0.717) is 17.5 Å². The molecule has 0 aliphatic heterocycles. The van der Waals surface area contributed by atoms with Crippen molar-refractivity contribution >= 4 is 11.9 Å². The van der Waals surface area contributed by atoms with E-state index < -0.39 is 11.9 Å². The van der Waals surface area contributed by atoms with Gasteiger partial charge in [0.15, 0.2) is 0 Å². The van der Waals surface area contributed by atoms with Crippen molar-refractivity contribution in [2.45, 2.75) is 19.3 Å². The molecule has 140 valence electrons. The molecule has 0 aromatic heterocycles. The molecule has 0 saturated heterocycles. The van der Waals surface area contributed by atoms with Gasteiger partial charge in [-0.15, -0.1) is 0 Å². The van der Waals surface area contributed by atoms with Gasteiger partial charge in [-0.1, -0.05) is 24.3 Å². The third-order valence-electron chi connectivity index (χ3n) is 4.18. The zero-order valence-corrected chi connectivity index (χ0v) is 15.1. The fraction of sp³-hybridized carbons (Fsp3) is 0.286. The molecule has 0 saturated carbocycles. The molecule has 1 unspecified atom stereocenters. The number of methoxy groups -OCH3 is 1. The maximum absolute atomic E-state index is 13.3. The van der Waals surface area contributed by atoms with E-state index in [1.807, 2.05) is 18.2 Å². The molecular weight excluding hydrogens is 347 g/mol. The van der Waals surface area contributed by atoms with Crippen molar-refractivity contribution < 1.29 is 18.7 Å². The highest BCUT2D eigenvalue weighted by Crippen LogP contribution is 2.12. The Labute approximate surface area is 157 Å². The van der Waals surface area contributed by atoms with Gasteiger partial charge in [0, 0.05) is 13.0 Å². The number of hydrogen-bond donors (Lipinski definition) is 1. The Morgan fingerprint density at radius 1 is 1.19 bits per heavy atom. The Morgan fingerprint density at radius 2 is 1.93 bits per heavy atom. The van der Waals surface area contributed by atoms with Crippen LogP contribution in [0.4, 0.5) is 4.39 Å². The number of amides is 1. The summed E-state index contributed by atoms with van der Waals surface area (Å²) in [4.78, 5) is 24.0. The van der Waals surface area contributed by atoms with E-state index >= 15 is 0 Å². The van der Waals surface area contributed by atoms with E-state index in [0.717, 1.165) is 5.56 Å². The van der Waals surface area contributed by atoms with Gasteiger partial charge in [0.05, 0.1) is 24.7 Å². The van der Waals surface area contributed by atoms with Crippen LogP contribution >= 0.6 is 0 Å². The number of nitrogens with one attached hydrogen (secondary N) is 1. The van der Waals surface area contributed by atoms with Gasteiger partial charge in [-0.3, -0.25) is 9.59 Å². The predicted octanol–water partition coefficient (Wildman–Crippen LogP) is 2.78. The lowest BCUT2D eigenvalue weighted by atomic mass is 9.99. The Kier molecular flexibility index (Phi) is 7.50. The van der Waals surface area contributed by atoms with Crippen LogP contribution in [0.1, 0.15) is 23.1 Å². The molecule has 0 aliphatic rings. The summed E-state index contributed by atoms with van der Waals surface area (Å²) in [5.41, 5.74) is 2.19. The molecule has 0 bridgehead atoms. The number of ether oxygens (including phenoxy) is 1. The number of esters is 1. The van der Waals surface area contributed by atoms with E-state index in [9.17, 15) is 14.0 Å². The van der Waals surface area contributed by atoms with Gasteiger partial charge in [0.1, 0.15) is 5.82 Å². The lowest BCUT2D eigenvalue weighted by Gasteiger charge is -2.15. The van der Waals surface area contributed by atoms with Crippen LogP contribution < -0.4 is 5.32 Å². The standard InChI is InChI=1S/C21H21FN2O3/c1-27-21(26)18(11-17-3-2-4-19(22)12-17)14-24-20(25)10-9-15-5-7-16(13-23)8-6-15/h2-8,12,18H,9-11,14H2,1H3,(H,24,25). The largest absolute Gasteiger partial charge is 0.469 e. The van der Waals surface area contributed by atoms with Crippen LogP contribution in [0.2, 0.25) is 0 Å². The second-order valence-corrected chi connectivity index (χ2v) is 6.17. The number of carbonyl (C=O) groups is 2. The highest BCUT2D eigenvalue weighted by atomic mass is 19.1. The summed E-state index contributed by atoms with van der Waals surface area (Å²) in [6, 6.07) is 15.1. The van der Waals surface area contributed by atoms with Gasteiger partial charge in [-0.05, 0) is 48.2 Å². The summed E-state index contributed by atoms with van der Waals surface area (Å²) in [5.74, 6) is -1.60. The number of aryl methyl sites for hydroxylation is 1. The number of carbonyl (C=O) groups excluding carboxylic acids is 2. The van der Waals surface area contributed by atoms with Crippen LogP contribution in [0.3, 0.4) is 0 Å². The topological polar surface area (TPSA) is 79.2 Å². The van der Waals surface area contributed by atoms with E-state index in [4.69, 9.17) is 10.00 Å². The fourth-order valence-corrected chi connectivity index (χ4v) is 2.68. The summed E-state index contributed by atoms with van der Waals surface area (Å²) in [7, 11) is 1.29. The number of nitrogens with zero attached hydrogens (tertiary/aromatic N) is 1. The maximum atomic E-state index is 13.3. The molecule has 2 aromatic rings. The second kappa shape index (κ2) is 10.1. The first-order valence-electron chi connectivity index (χ1n) is 8.60. The normalized spacial score (nSPS) is 11.3. The van der Waals surface area contributed by atoms with Gasteiger partial charge in [0.25, 0.3) is 0 Å². The fourth-order valence-electron chi connectivity index (χ4n) is 2.68. The van der Waals surface area contributed by atoms with Gasteiger partial charge < -0.3 is 10.1 Å². The van der Waals surface area contributed by atoms with Gasteiger partial charge in [-0.2, -0.15) is 5.26 Å². The molecule has 1 amide bonds. The Bertz CT molecular complexity index is 828. The first-order valence-corrected chi connectivity index (χ1v) is 8.60. The monoisotopic (exact) mass is 368 g/mol. The number of halogens is 1. The van der Waals surface area contributed by atoms with Gasteiger partial charge in [-0.25, -0.2) is 4.39 Å². The van der Waals surface area contributed by atoms with Crippen molar-refractivity contribution in [3.05, 3.63) is 71.0 Å². The molecule has 2 rings (SSSR count). The van der Waals surface area contributed by atoms with E-state index in [1.165, 1.54) is 19.2 Å². The molecule has 0 heterocycles. The second-order valence-electron chi connectivity index (χ2n) is 6.17. The SMILES string of the molecule is COC(=O)C(CNC(=O)CCc1ccc(C#N)cc1)Cc1cccc(F)c1. The molecule has 27 heavy (non-hydrogen) atoms. The Balaban J connectivity index is 1.86. The minimum Gasteiger partial charge on any atom is -0.469 e. The number of nitriles is 1. The molecule has 2 aromatic carbocycles. The van der Waals surface area contributed by atoms with Gasteiger partial charge in [0.2, 0.25) is 5.91 Å². The minimum atomic E-state index is -0.587. The zero-order chi connectivity index (χ0) is 19.6. The number of hydrogen-bond acceptors (Lipinski definition) is 4. The van der Waals surface area contributed by atoms with E-state index in [-0.39, 0.29) is 31.1 Å². The molecule has 0 fully saturated rings. The first kappa shape index (κ1) is 20.1. The van der Waals surface area contributed by atoms with Gasteiger partial charge >= 0.3 is 5.97 Å². The number of rotatable bonds is 8. The molecule has 0 spiro atoms. The molecule has 1 atom stereocenters. The van der Waals surface area contributed by atoms with Crippen LogP contribution in [-0.2, 0) is 27.2 Å². The van der Waals surface area contributed by atoms with Crippen molar-refractivity contribution in [1.29, 1.82) is 5.26 Å². The van der Waals surface area contributed by atoms with E-state index in [1.54, 1.807) is 24.3 Å². The third kappa shape index (κ3) is 6.55. The highest BCUT2D eigenvalue weighted by Gasteiger charge is 2.20. The van der Waals surface area contributed by atoms with Crippen molar-refractivity contribution in [3.8, 4) is 6.07 Å². The molecular formula is C21H21FN2O3. The average molecular weight is 368 g/mol. The average Bonchev–Trinajstić information content (AvgIpc) is 2.69. The van der Waals surface area contributed by atoms with Crippen LogP contribution in [0.15, 0.2) is 48.5 Å². The lowest BCUT2D eigenvalue weighted by molar-refractivity contribution is -0.145. The summed E-state index contributed by atoms with van der Waals surface area (Å²) in [6.07, 6.45) is 1.07. The summed E-state index contributed by atoms with van der Waals surface area (Å²) < 4.78 is 18.1. The van der Waals surface area contributed by atoms with Crippen molar-refractivity contribution in [3.63, 3.8) is 0 Å². The molecule has 0 radical (unpaired) electrons. The smallest absolute Gasteiger partial charge is 0.310 e. The molecule has 6 heteroatoms. The highest BCUT2D eigenvalue weighted by molar-refractivity contribution is 5.78. The third-order valence-corrected chi connectivity index (χ3v) is 4.18. The maximum Gasteiger partial charge on any atom is 0.310 e. The summed E-state index contributed by atoms with van der Waals surface area (Å²) >= 11 is 0. The van der Waals surface area contributed by atoms with Crippen LogP contribution in [-0.4, -0.2) is 25.5 Å². The van der Waals surface area contributed by atoms with Crippen LogP contribution in [0, 0.1) is 23.1 Å². The summed E-state index contributed by atoms with van der Waals surface area (Å²) in [6.45, 7) is 0.120. The Hall–Kier alpha value is -3.20. The van der Waals surface area contributed by atoms with E-state index in [2.05, 4.69) is 5.32 Å². The van der Waals surface area contributed by atoms with Crippen molar-refractivity contribution in [1.82, 2.24) is 5.32 Å². The molecule has 1 N–H and O–H groups in total. The van der Waals surface area contributed by atoms with Crippen LogP contribution in [0.25, 0.3) is 0 Å². The zero-order valence-electron chi connectivity index (χ0n) is 15.1. The number of benzene rings is 2. The predicted molar refractivity (Wildman–Crippen MR) is 98.1 cm³/mol. The minimum absolute atomic E-state index is 0.120. The lowest BCUT2D eigenvalue weighted by Crippen LogP contribution is -2.34.